The van der Waals surface area contributed by atoms with E-state index in [2.05, 4.69) is 47.4 Å². The quantitative estimate of drug-likeness (QED) is 0.589. The summed E-state index contributed by atoms with van der Waals surface area (Å²) in [5, 5.41) is 18.8. The number of imidazole rings is 1. The van der Waals surface area contributed by atoms with Gasteiger partial charge in [-0.1, -0.05) is 47.7 Å². The van der Waals surface area contributed by atoms with E-state index in [1.165, 1.54) is 21.8 Å². The molecule has 0 amide bonds. The maximum absolute atomic E-state index is 11.1. The molecule has 2 heterocycles. The summed E-state index contributed by atoms with van der Waals surface area (Å²) in [5.41, 5.74) is 3.13. The van der Waals surface area contributed by atoms with E-state index in [-0.39, 0.29) is 17.3 Å². The van der Waals surface area contributed by atoms with Crippen LogP contribution in [0.3, 0.4) is 0 Å². The van der Waals surface area contributed by atoms with E-state index >= 15 is 0 Å². The molecule has 0 saturated heterocycles. The number of hydrogen-bond acceptors (Lipinski definition) is 5. The Kier molecular flexibility index (Phi) is 3.06. The first-order valence-electron chi connectivity index (χ1n) is 7.81. The Balaban J connectivity index is 1.70. The average molecular weight is 323 g/mol. The Hall–Kier alpha value is -2.96. The van der Waals surface area contributed by atoms with Gasteiger partial charge in [-0.05, 0) is 34.0 Å². The molecule has 1 aliphatic rings. The lowest BCUT2D eigenvalue weighted by atomic mass is 9.86. The number of nitro groups is 1. The number of nitrogens with zero attached hydrogens (tertiary/aromatic N) is 4. The zero-order valence-electron chi connectivity index (χ0n) is 13.4. The van der Waals surface area contributed by atoms with Gasteiger partial charge in [0.2, 0.25) is 5.65 Å². The average Bonchev–Trinajstić information content (AvgIpc) is 3.07. The molecular weight excluding hydrogens is 306 g/mol. The highest BCUT2D eigenvalue weighted by atomic mass is 16.6. The van der Waals surface area contributed by atoms with Crippen LogP contribution < -0.4 is 5.32 Å². The second-order valence-electron chi connectivity index (χ2n) is 6.73. The Morgan fingerprint density at radius 3 is 2.88 bits per heavy atom. The Morgan fingerprint density at radius 2 is 2.08 bits per heavy atom. The summed E-state index contributed by atoms with van der Waals surface area (Å²) in [6.45, 7) is 4.45. The second kappa shape index (κ2) is 5.02. The molecule has 1 atom stereocenters. The lowest BCUT2D eigenvalue weighted by Crippen LogP contribution is -2.15. The zero-order valence-corrected chi connectivity index (χ0v) is 13.4. The van der Waals surface area contributed by atoms with Gasteiger partial charge >= 0.3 is 5.82 Å². The Morgan fingerprint density at radius 1 is 1.29 bits per heavy atom. The van der Waals surface area contributed by atoms with Crippen LogP contribution in [0.4, 0.5) is 11.6 Å². The molecule has 0 aliphatic heterocycles. The smallest absolute Gasteiger partial charge is 0.360 e. The monoisotopic (exact) mass is 323 g/mol. The van der Waals surface area contributed by atoms with Gasteiger partial charge in [-0.2, -0.15) is 0 Å². The summed E-state index contributed by atoms with van der Waals surface area (Å²) in [7, 11) is 0. The number of nitrogens with one attached hydrogen (secondary N) is 1. The third kappa shape index (κ3) is 2.20. The fraction of sp³-hybridized carbons (Fsp3) is 0.294. The molecule has 0 fully saturated rings. The van der Waals surface area contributed by atoms with E-state index in [0.29, 0.717) is 11.5 Å². The second-order valence-corrected chi connectivity index (χ2v) is 6.73. The van der Waals surface area contributed by atoms with Crippen LogP contribution in [0.15, 0.2) is 42.6 Å². The largest absolute Gasteiger partial charge is 0.368 e. The summed E-state index contributed by atoms with van der Waals surface area (Å²) >= 11 is 0. The highest BCUT2D eigenvalue weighted by Crippen LogP contribution is 2.45. The van der Waals surface area contributed by atoms with E-state index in [4.69, 9.17) is 0 Å². The van der Waals surface area contributed by atoms with Crippen molar-refractivity contribution >= 4 is 17.3 Å². The maximum Gasteiger partial charge on any atom is 0.368 e. The van der Waals surface area contributed by atoms with E-state index < -0.39 is 4.92 Å². The minimum absolute atomic E-state index is 0.0827. The van der Waals surface area contributed by atoms with Gasteiger partial charge in [0.15, 0.2) is 5.82 Å². The maximum atomic E-state index is 11.1. The van der Waals surface area contributed by atoms with Gasteiger partial charge in [0.1, 0.15) is 6.20 Å². The molecule has 0 saturated carbocycles. The van der Waals surface area contributed by atoms with Crippen LogP contribution in [0.25, 0.3) is 5.65 Å². The van der Waals surface area contributed by atoms with Crippen LogP contribution in [-0.4, -0.2) is 19.5 Å². The van der Waals surface area contributed by atoms with Crippen LogP contribution in [0.5, 0.6) is 0 Å². The molecule has 3 aromatic rings. The lowest BCUT2D eigenvalue weighted by Gasteiger charge is -2.19. The molecular formula is C17H17N5O2. The minimum atomic E-state index is -0.481. The molecule has 1 N–H and O–H groups in total. The standard InChI is InChI=1S/C17H17N5O2/c1-17(2)9-13(11-5-3-4-6-12(11)17)19-14-7-8-15-18-10-16(22(23)24)21(15)20-14/h3-8,10,13H,9H2,1-2H3,(H,19,20). The van der Waals surface area contributed by atoms with Gasteiger partial charge in [0, 0.05) is 6.07 Å². The van der Waals surface area contributed by atoms with Gasteiger partial charge in [-0.25, -0.2) is 4.98 Å². The third-order valence-corrected chi connectivity index (χ3v) is 4.63. The van der Waals surface area contributed by atoms with Crippen molar-refractivity contribution in [3.05, 3.63) is 63.8 Å². The van der Waals surface area contributed by atoms with Crippen molar-refractivity contribution < 1.29 is 4.92 Å². The molecule has 0 spiro atoms. The predicted molar refractivity (Wildman–Crippen MR) is 90.1 cm³/mol. The van der Waals surface area contributed by atoms with Gasteiger partial charge in [0.05, 0.1) is 6.04 Å². The molecule has 122 valence electrons. The highest BCUT2D eigenvalue weighted by Gasteiger charge is 2.36. The third-order valence-electron chi connectivity index (χ3n) is 4.63. The molecule has 4 rings (SSSR count). The van der Waals surface area contributed by atoms with Crippen LogP contribution in [0, 0.1) is 10.1 Å². The number of anilines is 1. The van der Waals surface area contributed by atoms with Gasteiger partial charge in [-0.15, -0.1) is 0 Å². The highest BCUT2D eigenvalue weighted by molar-refractivity contribution is 5.51. The molecule has 7 heteroatoms. The van der Waals surface area contributed by atoms with E-state index in [0.717, 1.165) is 6.42 Å². The normalized spacial score (nSPS) is 18.5. The summed E-state index contributed by atoms with van der Waals surface area (Å²) < 4.78 is 1.26. The summed E-state index contributed by atoms with van der Waals surface area (Å²) in [5.74, 6) is 0.460. The van der Waals surface area contributed by atoms with Crippen LogP contribution in [-0.2, 0) is 5.41 Å². The SMILES string of the molecule is CC1(C)CC(Nc2ccc3ncc([N+](=O)[O-])n3n2)c2ccccc21. The van der Waals surface area contributed by atoms with E-state index in [9.17, 15) is 10.1 Å². The first-order chi connectivity index (χ1) is 11.5. The zero-order chi connectivity index (χ0) is 16.9. The summed E-state index contributed by atoms with van der Waals surface area (Å²) in [4.78, 5) is 14.6. The van der Waals surface area contributed by atoms with Crippen LogP contribution >= 0.6 is 0 Å². The van der Waals surface area contributed by atoms with Gasteiger partial charge < -0.3 is 15.4 Å². The van der Waals surface area contributed by atoms with Crippen LogP contribution in [0.2, 0.25) is 0 Å². The number of benzene rings is 1. The van der Waals surface area contributed by atoms with Crippen molar-refractivity contribution in [2.75, 3.05) is 5.32 Å². The van der Waals surface area contributed by atoms with E-state index in [1.807, 2.05) is 6.07 Å². The molecule has 7 nitrogen and oxygen atoms in total. The van der Waals surface area contributed by atoms with Crippen molar-refractivity contribution in [2.45, 2.75) is 31.7 Å². The number of rotatable bonds is 3. The topological polar surface area (TPSA) is 85.4 Å². The fourth-order valence-electron chi connectivity index (χ4n) is 3.52. The van der Waals surface area contributed by atoms with Gasteiger partial charge in [0.25, 0.3) is 0 Å². The summed E-state index contributed by atoms with van der Waals surface area (Å²) in [6.07, 6.45) is 2.16. The molecule has 24 heavy (non-hydrogen) atoms. The number of aromatic nitrogens is 3. The first-order valence-corrected chi connectivity index (χ1v) is 7.81. The fourth-order valence-corrected chi connectivity index (χ4v) is 3.52. The minimum Gasteiger partial charge on any atom is -0.360 e. The van der Waals surface area contributed by atoms with E-state index in [1.54, 1.807) is 12.1 Å². The summed E-state index contributed by atoms with van der Waals surface area (Å²) in [6, 6.07) is 12.0. The van der Waals surface area contributed by atoms with Crippen molar-refractivity contribution in [3.8, 4) is 0 Å². The van der Waals surface area contributed by atoms with Crippen molar-refractivity contribution in [3.63, 3.8) is 0 Å². The molecule has 1 unspecified atom stereocenters. The molecule has 2 aromatic heterocycles. The lowest BCUT2D eigenvalue weighted by molar-refractivity contribution is -0.391. The number of fused-ring (bicyclic) bond motifs is 2. The molecule has 0 bridgehead atoms. The van der Waals surface area contributed by atoms with Gasteiger partial charge in [-0.3, -0.25) is 0 Å². The van der Waals surface area contributed by atoms with Crippen molar-refractivity contribution in [2.24, 2.45) is 0 Å². The predicted octanol–water partition coefficient (Wildman–Crippen LogP) is 3.47. The Bertz CT molecular complexity index is 947. The van der Waals surface area contributed by atoms with Crippen molar-refractivity contribution in [1.29, 1.82) is 0 Å². The first kappa shape index (κ1) is 14.6. The van der Waals surface area contributed by atoms with Crippen LogP contribution in [0.1, 0.15) is 37.4 Å². The molecule has 0 radical (unpaired) electrons. The molecule has 1 aromatic carbocycles. The number of hydrogen-bond donors (Lipinski definition) is 1. The Labute approximate surface area is 138 Å². The van der Waals surface area contributed by atoms with Crippen molar-refractivity contribution in [1.82, 2.24) is 14.6 Å². The molecule has 1 aliphatic carbocycles.